The molecule has 1 atom stereocenters. The Labute approximate surface area is 89.1 Å². The van der Waals surface area contributed by atoms with E-state index >= 15 is 0 Å². The van der Waals surface area contributed by atoms with E-state index < -0.39 is 0 Å². The van der Waals surface area contributed by atoms with Crippen LogP contribution in [-0.2, 0) is 11.8 Å². The molecule has 1 aromatic rings. The summed E-state index contributed by atoms with van der Waals surface area (Å²) in [5.74, 6) is 0.165. The van der Waals surface area contributed by atoms with Crippen molar-refractivity contribution in [3.8, 4) is 0 Å². The van der Waals surface area contributed by atoms with E-state index in [1.165, 1.54) is 0 Å². The second kappa shape index (κ2) is 3.56. The standard InChI is InChI=1S/C10H16N4O/c1-7-9(6-14(3)12-7)11-8-4-5-13(2)10(8)15/h6,8,11H,4-5H2,1-3H3. The van der Waals surface area contributed by atoms with Gasteiger partial charge in [0.05, 0.1) is 11.4 Å². The zero-order valence-electron chi connectivity index (χ0n) is 9.32. The fourth-order valence-corrected chi connectivity index (χ4v) is 1.89. The Morgan fingerprint density at radius 1 is 1.53 bits per heavy atom. The zero-order chi connectivity index (χ0) is 11.0. The van der Waals surface area contributed by atoms with Crippen molar-refractivity contribution >= 4 is 11.6 Å². The summed E-state index contributed by atoms with van der Waals surface area (Å²) < 4.78 is 1.75. The fraction of sp³-hybridized carbons (Fsp3) is 0.600. The smallest absolute Gasteiger partial charge is 0.244 e. The molecule has 5 nitrogen and oxygen atoms in total. The largest absolute Gasteiger partial charge is 0.371 e. The lowest BCUT2D eigenvalue weighted by molar-refractivity contribution is -0.127. The lowest BCUT2D eigenvalue weighted by atomic mass is 10.2. The normalized spacial score (nSPS) is 21.1. The molecule has 0 saturated carbocycles. The van der Waals surface area contributed by atoms with Crippen LogP contribution in [0.4, 0.5) is 5.69 Å². The topological polar surface area (TPSA) is 50.2 Å². The SMILES string of the molecule is Cc1nn(C)cc1NC1CCN(C)C1=O. The number of aryl methyl sites for hydroxylation is 2. The number of nitrogens with zero attached hydrogens (tertiary/aromatic N) is 3. The van der Waals surface area contributed by atoms with Gasteiger partial charge in [0, 0.05) is 26.8 Å². The number of aromatic nitrogens is 2. The Bertz CT molecular complexity index is 385. The molecule has 1 saturated heterocycles. The van der Waals surface area contributed by atoms with Crippen molar-refractivity contribution in [2.24, 2.45) is 7.05 Å². The molecule has 1 aromatic heterocycles. The highest BCUT2D eigenvalue weighted by Crippen LogP contribution is 2.18. The van der Waals surface area contributed by atoms with Gasteiger partial charge in [-0.25, -0.2) is 0 Å². The van der Waals surface area contributed by atoms with Crippen molar-refractivity contribution in [1.82, 2.24) is 14.7 Å². The number of anilines is 1. The highest BCUT2D eigenvalue weighted by atomic mass is 16.2. The monoisotopic (exact) mass is 208 g/mol. The average Bonchev–Trinajstić information content (AvgIpc) is 2.64. The predicted molar refractivity (Wildman–Crippen MR) is 57.6 cm³/mol. The van der Waals surface area contributed by atoms with Crippen molar-refractivity contribution in [3.63, 3.8) is 0 Å². The summed E-state index contributed by atoms with van der Waals surface area (Å²) in [5.41, 5.74) is 1.88. The number of rotatable bonds is 2. The van der Waals surface area contributed by atoms with E-state index in [-0.39, 0.29) is 11.9 Å². The van der Waals surface area contributed by atoms with Gasteiger partial charge >= 0.3 is 0 Å². The molecule has 0 aliphatic carbocycles. The highest BCUT2D eigenvalue weighted by molar-refractivity contribution is 5.86. The van der Waals surface area contributed by atoms with Crippen molar-refractivity contribution < 1.29 is 4.79 Å². The first kappa shape index (κ1) is 10.0. The van der Waals surface area contributed by atoms with Gasteiger partial charge in [-0.3, -0.25) is 9.48 Å². The molecular formula is C10H16N4O. The van der Waals surface area contributed by atoms with Crippen LogP contribution in [0.5, 0.6) is 0 Å². The first-order valence-corrected chi connectivity index (χ1v) is 5.09. The van der Waals surface area contributed by atoms with Gasteiger partial charge in [-0.15, -0.1) is 0 Å². The third kappa shape index (κ3) is 1.82. The minimum absolute atomic E-state index is 0.0853. The van der Waals surface area contributed by atoms with Crippen LogP contribution >= 0.6 is 0 Å². The molecule has 1 fully saturated rings. The number of hydrogen-bond acceptors (Lipinski definition) is 3. The summed E-state index contributed by atoms with van der Waals surface area (Å²) in [6.45, 7) is 2.77. The van der Waals surface area contributed by atoms with Crippen LogP contribution in [0.2, 0.25) is 0 Å². The van der Waals surface area contributed by atoms with Crippen molar-refractivity contribution in [3.05, 3.63) is 11.9 Å². The van der Waals surface area contributed by atoms with Crippen LogP contribution in [-0.4, -0.2) is 40.2 Å². The molecule has 2 heterocycles. The Balaban J connectivity index is 2.09. The molecule has 1 aliphatic heterocycles. The minimum atomic E-state index is -0.0853. The Morgan fingerprint density at radius 3 is 2.73 bits per heavy atom. The van der Waals surface area contributed by atoms with Gasteiger partial charge in [0.15, 0.2) is 0 Å². The number of hydrogen-bond donors (Lipinski definition) is 1. The molecule has 5 heteroatoms. The summed E-state index contributed by atoms with van der Waals surface area (Å²) in [6.07, 6.45) is 2.77. The fourth-order valence-electron chi connectivity index (χ4n) is 1.89. The maximum atomic E-state index is 11.7. The van der Waals surface area contributed by atoms with Crippen molar-refractivity contribution in [2.75, 3.05) is 18.9 Å². The second-order valence-corrected chi connectivity index (χ2v) is 4.05. The lowest BCUT2D eigenvalue weighted by Crippen LogP contribution is -2.31. The molecule has 0 bridgehead atoms. The minimum Gasteiger partial charge on any atom is -0.371 e. The Morgan fingerprint density at radius 2 is 2.27 bits per heavy atom. The van der Waals surface area contributed by atoms with Crippen LogP contribution in [0.3, 0.4) is 0 Å². The maximum absolute atomic E-state index is 11.7. The summed E-state index contributed by atoms with van der Waals surface area (Å²) in [4.78, 5) is 13.4. The van der Waals surface area contributed by atoms with Gasteiger partial charge in [-0.2, -0.15) is 5.10 Å². The van der Waals surface area contributed by atoms with Gasteiger partial charge in [-0.05, 0) is 13.3 Å². The molecular weight excluding hydrogens is 192 g/mol. The molecule has 15 heavy (non-hydrogen) atoms. The van der Waals surface area contributed by atoms with Crippen molar-refractivity contribution in [1.29, 1.82) is 0 Å². The first-order valence-electron chi connectivity index (χ1n) is 5.09. The summed E-state index contributed by atoms with van der Waals surface area (Å²) >= 11 is 0. The highest BCUT2D eigenvalue weighted by Gasteiger charge is 2.29. The molecule has 82 valence electrons. The summed E-state index contributed by atoms with van der Waals surface area (Å²) in [6, 6.07) is -0.0853. The van der Waals surface area contributed by atoms with Gasteiger partial charge < -0.3 is 10.2 Å². The van der Waals surface area contributed by atoms with Crippen LogP contribution in [0.15, 0.2) is 6.20 Å². The Kier molecular flexibility index (Phi) is 2.38. The quantitative estimate of drug-likeness (QED) is 0.764. The first-order chi connectivity index (χ1) is 7.08. The zero-order valence-corrected chi connectivity index (χ0v) is 9.32. The maximum Gasteiger partial charge on any atom is 0.244 e. The van der Waals surface area contributed by atoms with E-state index in [1.807, 2.05) is 27.2 Å². The predicted octanol–water partition coefficient (Wildman–Crippen LogP) is 0.371. The summed E-state index contributed by atoms with van der Waals surface area (Å²) in [7, 11) is 3.71. The van der Waals surface area contributed by atoms with E-state index in [9.17, 15) is 4.79 Å². The third-order valence-electron chi connectivity index (χ3n) is 2.77. The molecule has 0 aromatic carbocycles. The van der Waals surface area contributed by atoms with Gasteiger partial charge in [0.25, 0.3) is 0 Å². The van der Waals surface area contributed by atoms with E-state index in [1.54, 1.807) is 9.58 Å². The number of amides is 1. The van der Waals surface area contributed by atoms with Crippen molar-refractivity contribution in [2.45, 2.75) is 19.4 Å². The number of nitrogens with one attached hydrogen (secondary N) is 1. The van der Waals surface area contributed by atoms with Crippen LogP contribution < -0.4 is 5.32 Å². The molecule has 0 radical (unpaired) electrons. The molecule has 0 spiro atoms. The molecule has 1 aliphatic rings. The van der Waals surface area contributed by atoms with E-state index in [4.69, 9.17) is 0 Å². The number of carbonyl (C=O) groups excluding carboxylic acids is 1. The van der Waals surface area contributed by atoms with Gasteiger partial charge in [0.2, 0.25) is 5.91 Å². The molecule has 2 rings (SSSR count). The molecule has 1 unspecified atom stereocenters. The van der Waals surface area contributed by atoms with Crippen LogP contribution in [0, 0.1) is 6.92 Å². The number of likely N-dealkylation sites (tertiary alicyclic amines) is 1. The average molecular weight is 208 g/mol. The van der Waals surface area contributed by atoms with Crippen LogP contribution in [0.1, 0.15) is 12.1 Å². The Hall–Kier alpha value is -1.52. The number of likely N-dealkylation sites (N-methyl/N-ethyl adjacent to an activating group) is 1. The van der Waals surface area contributed by atoms with Crippen LogP contribution in [0.25, 0.3) is 0 Å². The van der Waals surface area contributed by atoms with Gasteiger partial charge in [0.1, 0.15) is 6.04 Å². The van der Waals surface area contributed by atoms with Gasteiger partial charge in [-0.1, -0.05) is 0 Å². The third-order valence-corrected chi connectivity index (χ3v) is 2.77. The second-order valence-electron chi connectivity index (χ2n) is 4.05. The molecule has 1 amide bonds. The van der Waals surface area contributed by atoms with E-state index in [2.05, 4.69) is 10.4 Å². The van der Waals surface area contributed by atoms with E-state index in [0.717, 1.165) is 24.3 Å². The summed E-state index contributed by atoms with van der Waals surface area (Å²) in [5, 5.41) is 7.46. The molecule has 1 N–H and O–H groups in total. The van der Waals surface area contributed by atoms with E-state index in [0.29, 0.717) is 0 Å². The lowest BCUT2D eigenvalue weighted by Gasteiger charge is -2.12. The number of carbonyl (C=O) groups is 1.